The molecule has 0 bridgehead atoms. The van der Waals surface area contributed by atoms with E-state index < -0.39 is 28.9 Å². The molecule has 2 fully saturated rings. The van der Waals surface area contributed by atoms with Crippen molar-refractivity contribution in [2.45, 2.75) is 174 Å². The average Bonchev–Trinajstić information content (AvgIpc) is 2.88. The van der Waals surface area contributed by atoms with Crippen LogP contribution in [0.4, 0.5) is 0 Å². The first-order chi connectivity index (χ1) is 20.1. The van der Waals surface area contributed by atoms with Gasteiger partial charge in [-0.1, -0.05) is 53.7 Å². The molecule has 2 unspecified atom stereocenters. The molecule has 256 valence electrons. The van der Waals surface area contributed by atoms with Gasteiger partial charge in [0, 0.05) is 11.1 Å². The molecule has 7 nitrogen and oxygen atoms in total. The molecule has 0 aliphatic carbocycles. The number of benzene rings is 1. The fourth-order valence-corrected chi connectivity index (χ4v) is 7.31. The number of carbonyl (C=O) groups is 2. The number of ether oxygens (including phenoxy) is 2. The molecule has 2 heterocycles. The maximum atomic E-state index is 14.2. The molecule has 3 rings (SSSR count). The fraction of sp³-hybridized carbons (Fsp3) is 0.789. The Kier molecular flexibility index (Phi) is 10.1. The Morgan fingerprint density at radius 3 is 1.40 bits per heavy atom. The minimum absolute atomic E-state index is 0.0319. The van der Waals surface area contributed by atoms with Crippen LogP contribution in [0.5, 0.6) is 5.75 Å². The Hall–Kier alpha value is -2.12. The van der Waals surface area contributed by atoms with Gasteiger partial charge in [0.2, 0.25) is 0 Å². The van der Waals surface area contributed by atoms with E-state index in [-0.39, 0.29) is 46.3 Å². The lowest BCUT2D eigenvalue weighted by Gasteiger charge is -2.54. The molecule has 0 spiro atoms. The van der Waals surface area contributed by atoms with Crippen molar-refractivity contribution in [1.29, 1.82) is 0 Å². The molecule has 2 saturated heterocycles. The Morgan fingerprint density at radius 2 is 1.09 bits per heavy atom. The smallest absolute Gasteiger partial charge is 0.321 e. The molecular weight excluding hydrogens is 564 g/mol. The molecule has 0 saturated carbocycles. The minimum atomic E-state index is -1.14. The Balaban J connectivity index is 2.04. The van der Waals surface area contributed by atoms with Crippen LogP contribution in [-0.2, 0) is 36.3 Å². The van der Waals surface area contributed by atoms with E-state index in [2.05, 4.69) is 121 Å². The molecule has 0 amide bonds. The number of likely N-dealkylation sites (tertiary alicyclic amines) is 2. The van der Waals surface area contributed by atoms with Gasteiger partial charge >= 0.3 is 11.9 Å². The summed E-state index contributed by atoms with van der Waals surface area (Å²) in [5, 5.41) is 11.3. The highest BCUT2D eigenvalue weighted by atomic mass is 16.6. The van der Waals surface area contributed by atoms with Crippen molar-refractivity contribution in [1.82, 2.24) is 9.80 Å². The van der Waals surface area contributed by atoms with Crippen LogP contribution in [0.3, 0.4) is 0 Å². The standard InChI is InChI=1S/C38H64N2O5/c1-33(2,3)26-22-24(23-27(30(26)41)34(4,5)6)21-25(31(42)44-28-17-19-35(7,8)39(15)37(28,11)12)32(43)45-29-18-20-36(9,10)40(16)38(29,13)14/h22-23,25,28-29,41H,17-21H2,1-16H3. The minimum Gasteiger partial charge on any atom is -0.507 e. The third kappa shape index (κ3) is 7.56. The first kappa shape index (κ1) is 37.3. The number of aromatic hydroxyl groups is 1. The highest BCUT2D eigenvalue weighted by Gasteiger charge is 2.50. The lowest BCUT2D eigenvalue weighted by atomic mass is 9.77. The van der Waals surface area contributed by atoms with Crippen molar-refractivity contribution in [2.24, 2.45) is 5.92 Å². The van der Waals surface area contributed by atoms with Crippen LogP contribution >= 0.6 is 0 Å². The summed E-state index contributed by atoms with van der Waals surface area (Å²) in [6, 6.07) is 3.89. The normalized spacial score (nSPS) is 25.8. The van der Waals surface area contributed by atoms with E-state index in [0.29, 0.717) is 0 Å². The number of phenols is 1. The number of hydrogen-bond acceptors (Lipinski definition) is 7. The van der Waals surface area contributed by atoms with Crippen molar-refractivity contribution < 1.29 is 24.2 Å². The second kappa shape index (κ2) is 12.2. The van der Waals surface area contributed by atoms with Gasteiger partial charge in [0.15, 0.2) is 5.92 Å². The van der Waals surface area contributed by atoms with Crippen molar-refractivity contribution in [3.05, 3.63) is 28.8 Å². The summed E-state index contributed by atoms with van der Waals surface area (Å²) in [5.74, 6) is -1.96. The number of phenolic OH excluding ortho intramolecular Hbond substituents is 1. The zero-order valence-corrected chi connectivity index (χ0v) is 31.4. The van der Waals surface area contributed by atoms with Gasteiger partial charge in [-0.3, -0.25) is 19.4 Å². The number of rotatable bonds is 6. The summed E-state index contributed by atoms with van der Waals surface area (Å²) in [6.45, 7) is 29.6. The van der Waals surface area contributed by atoms with Gasteiger partial charge in [-0.25, -0.2) is 0 Å². The SMILES string of the molecule is CN1C(C)(C)CCC(OC(=O)C(Cc2cc(C(C)(C)C)c(O)c(C(C)(C)C)c2)C(=O)OC2CCC(C)(C)N(C)C2(C)C)C1(C)C. The fourth-order valence-electron chi connectivity index (χ4n) is 7.31. The quantitative estimate of drug-likeness (QED) is 0.258. The van der Waals surface area contributed by atoms with Crippen LogP contribution in [0.2, 0.25) is 0 Å². The number of carbonyl (C=O) groups excluding carboxylic acids is 2. The van der Waals surface area contributed by atoms with Gasteiger partial charge in [-0.2, -0.15) is 0 Å². The molecule has 0 aromatic heterocycles. The van der Waals surface area contributed by atoms with E-state index in [0.717, 1.165) is 42.4 Å². The maximum absolute atomic E-state index is 14.2. The number of nitrogens with zero attached hydrogens (tertiary/aromatic N) is 2. The highest BCUT2D eigenvalue weighted by molar-refractivity contribution is 5.95. The second-order valence-corrected chi connectivity index (χ2v) is 18.3. The van der Waals surface area contributed by atoms with E-state index in [1.807, 2.05) is 12.1 Å². The predicted octanol–water partition coefficient (Wildman–Crippen LogP) is 7.54. The predicted molar refractivity (Wildman–Crippen MR) is 183 cm³/mol. The number of esters is 2. The monoisotopic (exact) mass is 628 g/mol. The van der Waals surface area contributed by atoms with Gasteiger partial charge in [-0.15, -0.1) is 0 Å². The summed E-state index contributed by atoms with van der Waals surface area (Å²) in [5.41, 5.74) is 0.814. The lowest BCUT2D eigenvalue weighted by Crippen LogP contribution is -2.64. The maximum Gasteiger partial charge on any atom is 0.321 e. The van der Waals surface area contributed by atoms with Gasteiger partial charge < -0.3 is 14.6 Å². The molecule has 2 atom stereocenters. The Bertz CT molecular complexity index is 1170. The summed E-state index contributed by atoms with van der Waals surface area (Å²) >= 11 is 0. The molecule has 2 aliphatic heterocycles. The van der Waals surface area contributed by atoms with Crippen molar-refractivity contribution in [3.8, 4) is 5.75 Å². The van der Waals surface area contributed by atoms with Crippen molar-refractivity contribution in [3.63, 3.8) is 0 Å². The highest BCUT2D eigenvalue weighted by Crippen LogP contribution is 2.43. The van der Waals surface area contributed by atoms with E-state index in [1.165, 1.54) is 0 Å². The van der Waals surface area contributed by atoms with Crippen molar-refractivity contribution in [2.75, 3.05) is 14.1 Å². The molecule has 7 heteroatoms. The van der Waals surface area contributed by atoms with Gasteiger partial charge in [0.25, 0.3) is 0 Å². The zero-order valence-electron chi connectivity index (χ0n) is 31.4. The van der Waals surface area contributed by atoms with E-state index in [9.17, 15) is 14.7 Å². The van der Waals surface area contributed by atoms with Crippen LogP contribution < -0.4 is 0 Å². The van der Waals surface area contributed by atoms with Gasteiger partial charge in [0.1, 0.15) is 18.0 Å². The average molecular weight is 629 g/mol. The van der Waals surface area contributed by atoms with Crippen LogP contribution in [0.15, 0.2) is 12.1 Å². The third-order valence-corrected chi connectivity index (χ3v) is 11.5. The van der Waals surface area contributed by atoms with Crippen LogP contribution in [0.1, 0.15) is 139 Å². The van der Waals surface area contributed by atoms with Crippen LogP contribution in [-0.4, -0.2) is 75.3 Å². The molecule has 1 aromatic rings. The number of piperidine rings is 2. The first-order valence-corrected chi connectivity index (χ1v) is 16.9. The summed E-state index contributed by atoms with van der Waals surface area (Å²) in [6.07, 6.45) is 2.58. The molecule has 2 aliphatic rings. The first-order valence-electron chi connectivity index (χ1n) is 16.9. The van der Waals surface area contributed by atoms with E-state index >= 15 is 0 Å². The molecule has 1 aromatic carbocycles. The van der Waals surface area contributed by atoms with Gasteiger partial charge in [-0.05, 0) is 129 Å². The van der Waals surface area contributed by atoms with Crippen LogP contribution in [0, 0.1) is 5.92 Å². The van der Waals surface area contributed by atoms with E-state index in [4.69, 9.17) is 9.47 Å². The Morgan fingerprint density at radius 1 is 0.756 bits per heavy atom. The van der Waals surface area contributed by atoms with Crippen molar-refractivity contribution >= 4 is 11.9 Å². The van der Waals surface area contributed by atoms with Gasteiger partial charge in [0.05, 0.1) is 11.1 Å². The Labute approximate surface area is 274 Å². The summed E-state index contributed by atoms with van der Waals surface area (Å²) < 4.78 is 12.6. The molecule has 0 radical (unpaired) electrons. The largest absolute Gasteiger partial charge is 0.507 e. The second-order valence-electron chi connectivity index (χ2n) is 18.3. The summed E-state index contributed by atoms with van der Waals surface area (Å²) in [4.78, 5) is 33.0. The lowest BCUT2D eigenvalue weighted by molar-refractivity contribution is -0.185. The molecular formula is C38H64N2O5. The zero-order chi connectivity index (χ0) is 34.7. The topological polar surface area (TPSA) is 79.3 Å². The molecule has 45 heavy (non-hydrogen) atoms. The molecule has 1 N–H and O–H groups in total. The van der Waals surface area contributed by atoms with E-state index in [1.54, 1.807) is 0 Å². The number of likely N-dealkylation sites (N-methyl/N-ethyl adjacent to an activating group) is 2. The van der Waals surface area contributed by atoms with Crippen LogP contribution in [0.25, 0.3) is 0 Å². The summed E-state index contributed by atoms with van der Waals surface area (Å²) in [7, 11) is 4.15. The number of hydrogen-bond donors (Lipinski definition) is 1. The third-order valence-electron chi connectivity index (χ3n) is 11.5.